The van der Waals surface area contributed by atoms with Gasteiger partial charge in [0.2, 0.25) is 0 Å². The number of hydrogen-bond donors (Lipinski definition) is 3. The van der Waals surface area contributed by atoms with Gasteiger partial charge >= 0.3 is 0 Å². The van der Waals surface area contributed by atoms with Gasteiger partial charge in [-0.05, 0) is 31.7 Å². The van der Waals surface area contributed by atoms with E-state index < -0.39 is 0 Å². The van der Waals surface area contributed by atoms with E-state index in [0.717, 1.165) is 36.3 Å². The number of aromatic nitrogens is 1. The zero-order chi connectivity index (χ0) is 10.9. The summed E-state index contributed by atoms with van der Waals surface area (Å²) in [6, 6.07) is 1.82. The van der Waals surface area contributed by atoms with Gasteiger partial charge in [0.25, 0.3) is 0 Å². The summed E-state index contributed by atoms with van der Waals surface area (Å²) in [5.41, 5.74) is 7.35. The Kier molecular flexibility index (Phi) is 2.52. The third kappa shape index (κ3) is 1.90. The van der Waals surface area contributed by atoms with Crippen LogP contribution in [-0.2, 0) is 0 Å². The Morgan fingerprint density at radius 3 is 2.80 bits per heavy atom. The highest BCUT2D eigenvalue weighted by atomic mass is 16.3. The number of nitrogens with one attached hydrogen (secondary N) is 1. The maximum Gasteiger partial charge on any atom is 0.128 e. The van der Waals surface area contributed by atoms with E-state index in [1.165, 1.54) is 0 Å². The highest BCUT2D eigenvalue weighted by molar-refractivity contribution is 5.54. The Bertz CT molecular complexity index is 355. The first-order chi connectivity index (χ1) is 7.15. The van der Waals surface area contributed by atoms with E-state index in [4.69, 9.17) is 5.73 Å². The van der Waals surface area contributed by atoms with Crippen LogP contribution in [0.25, 0.3) is 0 Å². The summed E-state index contributed by atoms with van der Waals surface area (Å²) >= 11 is 0. The highest BCUT2D eigenvalue weighted by Gasteiger charge is 2.36. The average Bonchev–Trinajstić information content (AvgIpc) is 2.17. The van der Waals surface area contributed by atoms with E-state index in [1.54, 1.807) is 6.20 Å². The summed E-state index contributed by atoms with van der Waals surface area (Å²) in [6.07, 6.45) is 4.91. The molecule has 0 amide bonds. The fraction of sp³-hybridized carbons (Fsp3) is 0.545. The molecule has 4 nitrogen and oxygen atoms in total. The maximum atomic E-state index is 9.30. The number of hydrogen-bond acceptors (Lipinski definition) is 4. The van der Waals surface area contributed by atoms with Crippen LogP contribution in [0.1, 0.15) is 24.8 Å². The van der Waals surface area contributed by atoms with Crippen molar-refractivity contribution in [2.75, 3.05) is 17.7 Å². The van der Waals surface area contributed by atoms with Crippen LogP contribution in [0, 0.1) is 6.92 Å². The average molecular weight is 207 g/mol. The monoisotopic (exact) mass is 207 g/mol. The third-order valence-corrected chi connectivity index (χ3v) is 3.15. The number of nitrogen functional groups attached to an aromatic ring is 1. The summed E-state index contributed by atoms with van der Waals surface area (Å²) in [7, 11) is 0. The van der Waals surface area contributed by atoms with E-state index in [9.17, 15) is 5.11 Å². The molecular formula is C11H17N3O. The molecule has 1 fully saturated rings. The van der Waals surface area contributed by atoms with Gasteiger partial charge in [0.1, 0.15) is 5.82 Å². The summed E-state index contributed by atoms with van der Waals surface area (Å²) in [6.45, 7) is 2.08. The van der Waals surface area contributed by atoms with Gasteiger partial charge in [0, 0.05) is 18.0 Å². The zero-order valence-corrected chi connectivity index (χ0v) is 8.95. The van der Waals surface area contributed by atoms with Crippen molar-refractivity contribution in [3.8, 4) is 0 Å². The van der Waals surface area contributed by atoms with Crippen LogP contribution in [0.5, 0.6) is 0 Å². The molecule has 1 aromatic rings. The van der Waals surface area contributed by atoms with Crippen molar-refractivity contribution in [1.82, 2.24) is 4.98 Å². The predicted octanol–water partition coefficient (Wildman–Crippen LogP) is 1.30. The molecule has 15 heavy (non-hydrogen) atoms. The molecule has 82 valence electrons. The molecule has 0 aromatic carbocycles. The minimum absolute atomic E-state index is 0.155. The first-order valence-electron chi connectivity index (χ1n) is 5.26. The van der Waals surface area contributed by atoms with Crippen molar-refractivity contribution in [2.45, 2.75) is 31.7 Å². The van der Waals surface area contributed by atoms with Gasteiger partial charge in [-0.25, -0.2) is 4.98 Å². The molecule has 0 aliphatic heterocycles. The van der Waals surface area contributed by atoms with Crippen molar-refractivity contribution in [2.24, 2.45) is 0 Å². The molecule has 1 aromatic heterocycles. The van der Waals surface area contributed by atoms with Gasteiger partial charge in [-0.1, -0.05) is 0 Å². The number of aryl methyl sites for hydroxylation is 1. The number of nitrogens with zero attached hydrogens (tertiary/aromatic N) is 1. The molecule has 1 heterocycles. The predicted molar refractivity (Wildman–Crippen MR) is 60.7 cm³/mol. The molecule has 1 aliphatic carbocycles. The first kappa shape index (κ1) is 10.2. The smallest absolute Gasteiger partial charge is 0.128 e. The van der Waals surface area contributed by atoms with Crippen LogP contribution >= 0.6 is 0 Å². The fourth-order valence-corrected chi connectivity index (χ4v) is 1.81. The van der Waals surface area contributed by atoms with Crippen LogP contribution in [0.2, 0.25) is 0 Å². The third-order valence-electron chi connectivity index (χ3n) is 3.15. The quantitative estimate of drug-likeness (QED) is 0.698. The second-order valence-electron chi connectivity index (χ2n) is 4.34. The number of anilines is 2. The van der Waals surface area contributed by atoms with Crippen LogP contribution in [0.3, 0.4) is 0 Å². The van der Waals surface area contributed by atoms with Crippen molar-refractivity contribution >= 4 is 11.5 Å². The van der Waals surface area contributed by atoms with E-state index in [2.05, 4.69) is 10.3 Å². The lowest BCUT2D eigenvalue weighted by Crippen LogP contribution is -2.48. The van der Waals surface area contributed by atoms with Crippen molar-refractivity contribution in [1.29, 1.82) is 0 Å². The number of rotatable bonds is 3. The van der Waals surface area contributed by atoms with Crippen molar-refractivity contribution < 1.29 is 5.11 Å². The Balaban J connectivity index is 2.13. The van der Waals surface area contributed by atoms with E-state index in [0.29, 0.717) is 0 Å². The largest absolute Gasteiger partial charge is 0.398 e. The summed E-state index contributed by atoms with van der Waals surface area (Å²) in [4.78, 5) is 4.25. The fourth-order valence-electron chi connectivity index (χ4n) is 1.81. The molecule has 2 rings (SSSR count). The molecule has 0 radical (unpaired) electrons. The van der Waals surface area contributed by atoms with E-state index in [-0.39, 0.29) is 12.1 Å². The summed E-state index contributed by atoms with van der Waals surface area (Å²) < 4.78 is 0. The molecule has 0 spiro atoms. The molecule has 0 saturated heterocycles. The first-order valence-corrected chi connectivity index (χ1v) is 5.26. The van der Waals surface area contributed by atoms with E-state index >= 15 is 0 Å². The Morgan fingerprint density at radius 1 is 1.60 bits per heavy atom. The zero-order valence-electron chi connectivity index (χ0n) is 8.95. The SMILES string of the molecule is Cc1cnc(NC2(CO)CCC2)cc1N. The van der Waals surface area contributed by atoms with Gasteiger partial charge in [0.15, 0.2) is 0 Å². The molecule has 1 saturated carbocycles. The summed E-state index contributed by atoms with van der Waals surface area (Å²) in [5, 5.41) is 12.6. The number of nitrogens with two attached hydrogens (primary N) is 1. The minimum atomic E-state index is -0.158. The lowest BCUT2D eigenvalue weighted by atomic mass is 9.77. The number of aliphatic hydroxyl groups excluding tert-OH is 1. The second-order valence-corrected chi connectivity index (χ2v) is 4.34. The second kappa shape index (κ2) is 3.70. The Hall–Kier alpha value is -1.29. The van der Waals surface area contributed by atoms with Gasteiger partial charge in [-0.15, -0.1) is 0 Å². The van der Waals surface area contributed by atoms with Crippen LogP contribution in [-0.4, -0.2) is 22.2 Å². The lowest BCUT2D eigenvalue weighted by molar-refractivity contribution is 0.144. The maximum absolute atomic E-state index is 9.30. The van der Waals surface area contributed by atoms with Gasteiger partial charge in [-0.2, -0.15) is 0 Å². The highest BCUT2D eigenvalue weighted by Crippen LogP contribution is 2.34. The van der Waals surface area contributed by atoms with Gasteiger partial charge in [-0.3, -0.25) is 0 Å². The Morgan fingerprint density at radius 2 is 2.33 bits per heavy atom. The molecule has 0 unspecified atom stereocenters. The number of aliphatic hydroxyl groups is 1. The van der Waals surface area contributed by atoms with Crippen molar-refractivity contribution in [3.05, 3.63) is 17.8 Å². The topological polar surface area (TPSA) is 71.2 Å². The minimum Gasteiger partial charge on any atom is -0.398 e. The normalized spacial score (nSPS) is 18.3. The van der Waals surface area contributed by atoms with Crippen molar-refractivity contribution in [3.63, 3.8) is 0 Å². The van der Waals surface area contributed by atoms with E-state index in [1.807, 2.05) is 13.0 Å². The van der Waals surface area contributed by atoms with Crippen LogP contribution in [0.4, 0.5) is 11.5 Å². The Labute approximate surface area is 89.5 Å². The molecule has 0 bridgehead atoms. The molecular weight excluding hydrogens is 190 g/mol. The lowest BCUT2D eigenvalue weighted by Gasteiger charge is -2.41. The molecule has 0 atom stereocenters. The van der Waals surface area contributed by atoms with Crippen LogP contribution < -0.4 is 11.1 Å². The van der Waals surface area contributed by atoms with Gasteiger partial charge in [0.05, 0.1) is 12.1 Å². The standard InChI is InChI=1S/C11H17N3O/c1-8-6-13-10(5-9(8)12)14-11(7-15)3-2-4-11/h5-6,15H,2-4,7H2,1H3,(H3,12,13,14). The molecule has 1 aliphatic rings. The summed E-state index contributed by atoms with van der Waals surface area (Å²) in [5.74, 6) is 0.756. The van der Waals surface area contributed by atoms with Gasteiger partial charge < -0.3 is 16.2 Å². The number of pyridine rings is 1. The molecule has 4 N–H and O–H groups in total. The molecule has 4 heteroatoms. The van der Waals surface area contributed by atoms with Crippen LogP contribution in [0.15, 0.2) is 12.3 Å².